The molecule has 68 valence electrons. The van der Waals surface area contributed by atoms with Crippen molar-refractivity contribution in [2.45, 2.75) is 5.09 Å². The van der Waals surface area contributed by atoms with Gasteiger partial charge in [0.1, 0.15) is 11.4 Å². The molecule has 0 fully saturated rings. The maximum Gasteiger partial charge on any atom is 0.191 e. The Kier molecular flexibility index (Phi) is 1.92. The smallest absolute Gasteiger partial charge is 0.191 e. The molecule has 2 nitrogen and oxygen atoms in total. The summed E-state index contributed by atoms with van der Waals surface area (Å²) in [6, 6.07) is 6.03. The standard InChI is InChI=1S/C9H7FO2S/c1-13(11)9-5-6-7(10)3-2-4-8(6)12-9/h2-5H,1H3. The van der Waals surface area contributed by atoms with Crippen LogP contribution >= 0.6 is 0 Å². The largest absolute Gasteiger partial charge is 0.447 e. The van der Waals surface area contributed by atoms with Crippen LogP contribution in [0.25, 0.3) is 11.0 Å². The van der Waals surface area contributed by atoms with Gasteiger partial charge >= 0.3 is 0 Å². The molecule has 0 N–H and O–H groups in total. The molecular formula is C9H7FO2S. The van der Waals surface area contributed by atoms with E-state index < -0.39 is 10.8 Å². The van der Waals surface area contributed by atoms with Crippen LogP contribution in [0, 0.1) is 5.82 Å². The highest BCUT2D eigenvalue weighted by Crippen LogP contribution is 2.23. The van der Waals surface area contributed by atoms with Crippen molar-refractivity contribution in [2.75, 3.05) is 6.26 Å². The van der Waals surface area contributed by atoms with Crippen LogP contribution < -0.4 is 0 Å². The molecule has 0 bridgehead atoms. The van der Waals surface area contributed by atoms with Crippen molar-refractivity contribution in [2.24, 2.45) is 0 Å². The van der Waals surface area contributed by atoms with E-state index in [0.717, 1.165) is 0 Å². The maximum atomic E-state index is 13.1. The summed E-state index contributed by atoms with van der Waals surface area (Å²) in [5, 5.41) is 0.688. The summed E-state index contributed by atoms with van der Waals surface area (Å²) in [7, 11) is -1.20. The number of benzene rings is 1. The van der Waals surface area contributed by atoms with Gasteiger partial charge in [-0.3, -0.25) is 4.21 Å². The first-order chi connectivity index (χ1) is 6.18. The first-order valence-electron chi connectivity index (χ1n) is 3.70. The molecule has 13 heavy (non-hydrogen) atoms. The van der Waals surface area contributed by atoms with Gasteiger partial charge in [0.05, 0.1) is 16.2 Å². The van der Waals surface area contributed by atoms with Crippen LogP contribution in [0.5, 0.6) is 0 Å². The lowest BCUT2D eigenvalue weighted by Crippen LogP contribution is -1.80. The molecule has 0 saturated heterocycles. The van der Waals surface area contributed by atoms with Crippen LogP contribution in [0.15, 0.2) is 33.8 Å². The third-order valence-corrected chi connectivity index (χ3v) is 2.54. The number of hydrogen-bond donors (Lipinski definition) is 0. The molecule has 1 aromatic carbocycles. The quantitative estimate of drug-likeness (QED) is 0.703. The molecule has 4 heteroatoms. The first kappa shape index (κ1) is 8.44. The van der Waals surface area contributed by atoms with E-state index in [1.54, 1.807) is 12.1 Å². The van der Waals surface area contributed by atoms with Gasteiger partial charge in [0.15, 0.2) is 5.09 Å². The van der Waals surface area contributed by atoms with Crippen LogP contribution in [0.4, 0.5) is 4.39 Å². The predicted molar refractivity (Wildman–Crippen MR) is 48.5 cm³/mol. The number of halogens is 1. The Labute approximate surface area is 76.8 Å². The summed E-state index contributed by atoms with van der Waals surface area (Å²) >= 11 is 0. The Morgan fingerprint density at radius 1 is 1.46 bits per heavy atom. The molecule has 0 saturated carbocycles. The fourth-order valence-corrected chi connectivity index (χ4v) is 1.63. The Morgan fingerprint density at radius 3 is 2.85 bits per heavy atom. The zero-order valence-corrected chi connectivity index (χ0v) is 7.73. The van der Waals surface area contributed by atoms with E-state index in [9.17, 15) is 8.60 Å². The molecule has 1 aromatic heterocycles. The molecule has 0 spiro atoms. The van der Waals surface area contributed by atoms with E-state index in [0.29, 0.717) is 16.1 Å². The van der Waals surface area contributed by atoms with Crippen molar-refractivity contribution in [3.63, 3.8) is 0 Å². The van der Waals surface area contributed by atoms with Gasteiger partial charge in [0, 0.05) is 12.3 Å². The minimum atomic E-state index is -1.20. The van der Waals surface area contributed by atoms with Crippen LogP contribution in [-0.2, 0) is 10.8 Å². The van der Waals surface area contributed by atoms with Crippen molar-refractivity contribution in [1.29, 1.82) is 0 Å². The van der Waals surface area contributed by atoms with Crippen molar-refractivity contribution < 1.29 is 13.0 Å². The van der Waals surface area contributed by atoms with Crippen molar-refractivity contribution in [3.8, 4) is 0 Å². The van der Waals surface area contributed by atoms with Crippen molar-refractivity contribution >= 4 is 21.8 Å². The first-order valence-corrected chi connectivity index (χ1v) is 5.26. The second kappa shape index (κ2) is 2.96. The lowest BCUT2D eigenvalue weighted by atomic mass is 10.2. The molecule has 1 atom stereocenters. The third kappa shape index (κ3) is 1.37. The Hall–Kier alpha value is -1.16. The minimum absolute atomic E-state index is 0.306. The fourth-order valence-electron chi connectivity index (χ4n) is 1.14. The van der Waals surface area contributed by atoms with Crippen LogP contribution in [0.2, 0.25) is 0 Å². The molecule has 0 amide bonds. The zero-order chi connectivity index (χ0) is 9.42. The van der Waals surface area contributed by atoms with E-state index in [4.69, 9.17) is 4.42 Å². The molecule has 2 aromatic rings. The van der Waals surface area contributed by atoms with Crippen molar-refractivity contribution in [1.82, 2.24) is 0 Å². The molecule has 2 rings (SSSR count). The van der Waals surface area contributed by atoms with Gasteiger partial charge in [-0.2, -0.15) is 0 Å². The number of furan rings is 1. The summed E-state index contributed by atoms with van der Waals surface area (Å²) in [6.45, 7) is 0. The van der Waals surface area contributed by atoms with Crippen LogP contribution in [-0.4, -0.2) is 10.5 Å². The summed E-state index contributed by atoms with van der Waals surface area (Å²) in [5.41, 5.74) is 0.435. The van der Waals surface area contributed by atoms with Gasteiger partial charge in [-0.15, -0.1) is 0 Å². The summed E-state index contributed by atoms with van der Waals surface area (Å²) < 4.78 is 29.3. The van der Waals surface area contributed by atoms with E-state index in [2.05, 4.69) is 0 Å². The Bertz CT molecular complexity index is 475. The molecular weight excluding hydrogens is 191 g/mol. The average molecular weight is 198 g/mol. The Balaban J connectivity index is 2.75. The van der Waals surface area contributed by atoms with E-state index in [1.165, 1.54) is 18.4 Å². The number of fused-ring (bicyclic) bond motifs is 1. The van der Waals surface area contributed by atoms with E-state index in [1.807, 2.05) is 0 Å². The highest BCUT2D eigenvalue weighted by molar-refractivity contribution is 7.84. The summed E-state index contributed by atoms with van der Waals surface area (Å²) in [6.07, 6.45) is 1.50. The molecule has 0 aliphatic rings. The highest BCUT2D eigenvalue weighted by Gasteiger charge is 2.09. The normalized spacial score (nSPS) is 13.4. The van der Waals surface area contributed by atoms with Gasteiger partial charge < -0.3 is 4.42 Å². The molecule has 0 radical (unpaired) electrons. The molecule has 1 heterocycles. The lowest BCUT2D eigenvalue weighted by molar-refractivity contribution is 0.504. The van der Waals surface area contributed by atoms with E-state index in [-0.39, 0.29) is 5.82 Å². The second-order valence-corrected chi connectivity index (χ2v) is 3.98. The van der Waals surface area contributed by atoms with Gasteiger partial charge in [0.25, 0.3) is 0 Å². The SMILES string of the molecule is CS(=O)c1cc2c(F)cccc2o1. The second-order valence-electron chi connectivity index (χ2n) is 2.67. The monoisotopic (exact) mass is 198 g/mol. The predicted octanol–water partition coefficient (Wildman–Crippen LogP) is 2.31. The highest BCUT2D eigenvalue weighted by atomic mass is 32.2. The van der Waals surface area contributed by atoms with E-state index >= 15 is 0 Å². The zero-order valence-electron chi connectivity index (χ0n) is 6.91. The minimum Gasteiger partial charge on any atom is -0.447 e. The van der Waals surface area contributed by atoms with Gasteiger partial charge in [-0.1, -0.05) is 6.07 Å². The third-order valence-electron chi connectivity index (χ3n) is 1.77. The van der Waals surface area contributed by atoms with Crippen LogP contribution in [0.3, 0.4) is 0 Å². The Morgan fingerprint density at radius 2 is 2.23 bits per heavy atom. The topological polar surface area (TPSA) is 30.2 Å². The molecule has 1 unspecified atom stereocenters. The lowest BCUT2D eigenvalue weighted by Gasteiger charge is -1.87. The van der Waals surface area contributed by atoms with Gasteiger partial charge in [-0.25, -0.2) is 4.39 Å². The summed E-state index contributed by atoms with van der Waals surface area (Å²) in [5.74, 6) is -0.349. The molecule has 0 aliphatic carbocycles. The van der Waals surface area contributed by atoms with Gasteiger partial charge in [0.2, 0.25) is 0 Å². The van der Waals surface area contributed by atoms with Crippen molar-refractivity contribution in [3.05, 3.63) is 30.1 Å². The fraction of sp³-hybridized carbons (Fsp3) is 0.111. The number of hydrogen-bond acceptors (Lipinski definition) is 2. The number of rotatable bonds is 1. The van der Waals surface area contributed by atoms with Crippen LogP contribution in [0.1, 0.15) is 0 Å². The van der Waals surface area contributed by atoms with Gasteiger partial charge in [-0.05, 0) is 12.1 Å². The average Bonchev–Trinajstić information content (AvgIpc) is 2.49. The maximum absolute atomic E-state index is 13.1. The molecule has 0 aliphatic heterocycles. The summed E-state index contributed by atoms with van der Waals surface area (Å²) in [4.78, 5) is 0.